The zero-order valence-corrected chi connectivity index (χ0v) is 15.3. The molecule has 1 atom stereocenters. The molecule has 137 valence electrons. The van der Waals surface area contributed by atoms with Gasteiger partial charge in [0.25, 0.3) is 0 Å². The monoisotopic (exact) mass is 367 g/mol. The van der Waals surface area contributed by atoms with Crippen LogP contribution in [0.15, 0.2) is 66.9 Å². The maximum atomic E-state index is 9.81. The Hall–Kier alpha value is -3.31. The second-order valence-electron chi connectivity index (χ2n) is 7.01. The topological polar surface area (TPSA) is 62.1 Å². The van der Waals surface area contributed by atoms with Gasteiger partial charge in [0.15, 0.2) is 5.65 Å². The number of aromatic nitrogens is 3. The molecule has 5 nitrogen and oxygen atoms in total. The number of aliphatic hydroxyl groups is 1. The molecule has 28 heavy (non-hydrogen) atoms. The minimum Gasteiger partial charge on any atom is -0.391 e. The highest BCUT2D eigenvalue weighted by Gasteiger charge is 2.23. The van der Waals surface area contributed by atoms with Gasteiger partial charge in [-0.05, 0) is 24.1 Å². The minimum absolute atomic E-state index is 0.316. The van der Waals surface area contributed by atoms with E-state index in [-0.39, 0.29) is 6.10 Å². The Morgan fingerprint density at radius 3 is 2.57 bits per heavy atom. The van der Waals surface area contributed by atoms with Crippen LogP contribution in [0.3, 0.4) is 0 Å². The van der Waals surface area contributed by atoms with Crippen molar-refractivity contribution in [1.29, 1.82) is 0 Å². The van der Waals surface area contributed by atoms with Crippen LogP contribution < -0.4 is 4.90 Å². The predicted octanol–water partition coefficient (Wildman–Crippen LogP) is 3.73. The van der Waals surface area contributed by atoms with E-state index in [9.17, 15) is 5.11 Å². The van der Waals surface area contributed by atoms with E-state index in [1.807, 2.05) is 53.6 Å². The Morgan fingerprint density at radius 2 is 1.82 bits per heavy atom. The number of nitrogens with zero attached hydrogens (tertiary/aromatic N) is 4. The van der Waals surface area contributed by atoms with Crippen molar-refractivity contribution in [2.24, 2.45) is 0 Å². The number of anilines is 1. The number of hydrogen-bond donors (Lipinski definition) is 1. The van der Waals surface area contributed by atoms with Crippen LogP contribution in [0.2, 0.25) is 0 Å². The Kier molecular flexibility index (Phi) is 4.22. The van der Waals surface area contributed by atoms with Crippen LogP contribution in [0.5, 0.6) is 0 Å². The van der Waals surface area contributed by atoms with Crippen LogP contribution in [0, 0.1) is 6.07 Å². The largest absolute Gasteiger partial charge is 0.391 e. The second kappa shape index (κ2) is 7.02. The summed E-state index contributed by atoms with van der Waals surface area (Å²) < 4.78 is 0. The smallest absolute Gasteiger partial charge is 0.227 e. The van der Waals surface area contributed by atoms with Gasteiger partial charge >= 0.3 is 0 Å². The third-order valence-corrected chi connectivity index (χ3v) is 5.08. The molecule has 3 heterocycles. The summed E-state index contributed by atoms with van der Waals surface area (Å²) in [5.74, 6) is 0.622. The molecule has 0 saturated carbocycles. The van der Waals surface area contributed by atoms with Gasteiger partial charge in [-0.1, -0.05) is 54.6 Å². The average molecular weight is 367 g/mol. The highest BCUT2D eigenvalue weighted by atomic mass is 16.3. The number of β-amino-alcohol motifs (C(OH)–C–C–N with tert-alkyl or cyclic N) is 1. The van der Waals surface area contributed by atoms with Gasteiger partial charge in [-0.15, -0.1) is 0 Å². The lowest BCUT2D eigenvalue weighted by Gasteiger charge is -2.16. The molecule has 1 radical (unpaired) electrons. The molecule has 1 N–H and O–H groups in total. The fraction of sp³-hybridized carbons (Fsp3) is 0.174. The molecule has 0 spiro atoms. The van der Waals surface area contributed by atoms with Gasteiger partial charge in [-0.25, -0.2) is 9.97 Å². The highest BCUT2D eigenvalue weighted by Crippen LogP contribution is 2.33. The van der Waals surface area contributed by atoms with Gasteiger partial charge in [-0.2, -0.15) is 4.98 Å². The van der Waals surface area contributed by atoms with Gasteiger partial charge in [0.1, 0.15) is 0 Å². The van der Waals surface area contributed by atoms with Crippen LogP contribution in [0.4, 0.5) is 5.95 Å². The Labute approximate surface area is 163 Å². The van der Waals surface area contributed by atoms with Crippen molar-refractivity contribution in [2.45, 2.75) is 12.5 Å². The summed E-state index contributed by atoms with van der Waals surface area (Å²) >= 11 is 0. The van der Waals surface area contributed by atoms with Crippen molar-refractivity contribution in [3.63, 3.8) is 0 Å². The Morgan fingerprint density at radius 1 is 1.00 bits per heavy atom. The molecule has 1 fully saturated rings. The van der Waals surface area contributed by atoms with E-state index >= 15 is 0 Å². The molecule has 1 unspecified atom stereocenters. The van der Waals surface area contributed by atoms with Crippen molar-refractivity contribution >= 4 is 17.0 Å². The SMILES string of the molecule is OC1CCN(c2ncc3cc(-c4ccccc4)c(-c4cc[c]cc4)nc3n2)C1. The van der Waals surface area contributed by atoms with Crippen LogP contribution in [-0.4, -0.2) is 39.3 Å². The lowest BCUT2D eigenvalue weighted by molar-refractivity contribution is 0.198. The molecule has 2 aromatic heterocycles. The summed E-state index contributed by atoms with van der Waals surface area (Å²) in [4.78, 5) is 16.1. The summed E-state index contributed by atoms with van der Waals surface area (Å²) in [6, 6.07) is 23.2. The van der Waals surface area contributed by atoms with Crippen molar-refractivity contribution < 1.29 is 5.11 Å². The molecular weight excluding hydrogens is 348 g/mol. The normalized spacial score (nSPS) is 16.6. The number of rotatable bonds is 3. The maximum Gasteiger partial charge on any atom is 0.227 e. The van der Waals surface area contributed by atoms with E-state index in [0.29, 0.717) is 18.1 Å². The molecule has 0 aliphatic carbocycles. The molecule has 5 rings (SSSR count). The second-order valence-corrected chi connectivity index (χ2v) is 7.01. The highest BCUT2D eigenvalue weighted by molar-refractivity contribution is 5.90. The van der Waals surface area contributed by atoms with E-state index in [2.05, 4.69) is 29.2 Å². The number of aliphatic hydroxyl groups excluding tert-OH is 1. The minimum atomic E-state index is -0.316. The third kappa shape index (κ3) is 3.10. The molecular formula is C23H19N4O. The molecule has 1 aliphatic rings. The van der Waals surface area contributed by atoms with Crippen LogP contribution >= 0.6 is 0 Å². The van der Waals surface area contributed by atoms with Crippen LogP contribution in [0.1, 0.15) is 6.42 Å². The lowest BCUT2D eigenvalue weighted by atomic mass is 9.98. The standard InChI is InChI=1S/C23H19N4O/c28-19-11-12-27(15-19)23-24-14-18-13-20(16-7-3-1-4-8-16)21(25-22(18)26-23)17-9-5-2-6-10-17/h1,3-10,13-14,19,28H,11-12,15H2. The van der Waals surface area contributed by atoms with Crippen molar-refractivity contribution in [3.05, 3.63) is 72.9 Å². The summed E-state index contributed by atoms with van der Waals surface area (Å²) in [5.41, 5.74) is 4.72. The van der Waals surface area contributed by atoms with E-state index < -0.39 is 0 Å². The molecule has 1 saturated heterocycles. The van der Waals surface area contributed by atoms with Gasteiger partial charge in [0.05, 0.1) is 11.8 Å². The number of pyridine rings is 1. The van der Waals surface area contributed by atoms with Crippen molar-refractivity contribution in [1.82, 2.24) is 15.0 Å². The van der Waals surface area contributed by atoms with Crippen molar-refractivity contribution in [3.8, 4) is 22.4 Å². The van der Waals surface area contributed by atoms with E-state index in [0.717, 1.165) is 40.7 Å². The summed E-state index contributed by atoms with van der Waals surface area (Å²) in [6.45, 7) is 1.32. The first-order valence-corrected chi connectivity index (χ1v) is 9.41. The van der Waals surface area contributed by atoms with E-state index in [4.69, 9.17) is 9.97 Å². The quantitative estimate of drug-likeness (QED) is 0.598. The molecule has 2 aromatic carbocycles. The average Bonchev–Trinajstić information content (AvgIpc) is 3.20. The van der Waals surface area contributed by atoms with E-state index in [1.165, 1.54) is 0 Å². The number of hydrogen-bond acceptors (Lipinski definition) is 5. The number of fused-ring (bicyclic) bond motifs is 1. The molecule has 0 amide bonds. The van der Waals surface area contributed by atoms with Gasteiger partial charge in [0.2, 0.25) is 5.95 Å². The van der Waals surface area contributed by atoms with Gasteiger partial charge < -0.3 is 10.0 Å². The molecule has 4 aromatic rings. The number of benzene rings is 2. The Bertz CT molecular complexity index is 1120. The van der Waals surface area contributed by atoms with Crippen LogP contribution in [0.25, 0.3) is 33.4 Å². The summed E-state index contributed by atoms with van der Waals surface area (Å²) in [5, 5.41) is 10.7. The fourth-order valence-electron chi connectivity index (χ4n) is 3.63. The third-order valence-electron chi connectivity index (χ3n) is 5.08. The van der Waals surface area contributed by atoms with Crippen molar-refractivity contribution in [2.75, 3.05) is 18.0 Å². The van der Waals surface area contributed by atoms with Gasteiger partial charge in [0, 0.05) is 35.8 Å². The van der Waals surface area contributed by atoms with Gasteiger partial charge in [-0.3, -0.25) is 0 Å². The summed E-state index contributed by atoms with van der Waals surface area (Å²) in [6.07, 6.45) is 2.25. The Balaban J connectivity index is 1.68. The first-order valence-electron chi connectivity index (χ1n) is 9.41. The fourth-order valence-corrected chi connectivity index (χ4v) is 3.63. The first kappa shape index (κ1) is 16.8. The zero-order valence-electron chi connectivity index (χ0n) is 15.3. The first-order chi connectivity index (χ1) is 13.8. The van der Waals surface area contributed by atoms with Crippen LogP contribution in [-0.2, 0) is 0 Å². The van der Waals surface area contributed by atoms with E-state index in [1.54, 1.807) is 0 Å². The zero-order chi connectivity index (χ0) is 18.9. The summed E-state index contributed by atoms with van der Waals surface area (Å²) in [7, 11) is 0. The lowest BCUT2D eigenvalue weighted by Crippen LogP contribution is -2.23. The maximum absolute atomic E-state index is 9.81. The predicted molar refractivity (Wildman–Crippen MR) is 110 cm³/mol. The molecule has 0 bridgehead atoms. The molecule has 1 aliphatic heterocycles. The molecule has 5 heteroatoms.